The Kier molecular flexibility index (Phi) is 4.77. The van der Waals surface area contributed by atoms with Crippen LogP contribution in [0.5, 0.6) is 0 Å². The molecule has 7 nitrogen and oxygen atoms in total. The van der Waals surface area contributed by atoms with Crippen molar-refractivity contribution >= 4 is 11.9 Å². The van der Waals surface area contributed by atoms with Crippen LogP contribution >= 0.6 is 0 Å². The second-order valence-corrected chi connectivity index (χ2v) is 5.13. The molecule has 0 fully saturated rings. The standard InChI is InChI=1S/C15H20N4O3/c1-4-10(7-20)18-15-16-6-5-11(19-15)12-8(2)13(14(21)22)17-9(12)3/h5-6,10,17,20H,4,7H2,1-3H3,(H,21,22)(H,16,18,19)/t10-/m0/s1. The molecule has 0 bridgehead atoms. The molecule has 22 heavy (non-hydrogen) atoms. The first-order chi connectivity index (χ1) is 10.5. The Labute approximate surface area is 128 Å². The molecule has 0 aromatic carbocycles. The summed E-state index contributed by atoms with van der Waals surface area (Å²) in [5.41, 5.74) is 2.96. The summed E-state index contributed by atoms with van der Waals surface area (Å²) in [5, 5.41) is 21.5. The molecule has 7 heteroatoms. The van der Waals surface area contributed by atoms with Gasteiger partial charge in [-0.2, -0.15) is 0 Å². The number of aromatic amines is 1. The number of hydrogen-bond acceptors (Lipinski definition) is 5. The fourth-order valence-electron chi connectivity index (χ4n) is 2.37. The SMILES string of the molecule is CC[C@@H](CO)Nc1nccc(-c2c(C)[nH]c(C(=O)O)c2C)n1. The number of H-pyrrole nitrogens is 1. The zero-order valence-electron chi connectivity index (χ0n) is 12.8. The molecular weight excluding hydrogens is 284 g/mol. The minimum absolute atomic E-state index is 0.00450. The highest BCUT2D eigenvalue weighted by molar-refractivity contribution is 5.91. The van der Waals surface area contributed by atoms with Crippen molar-refractivity contribution in [2.24, 2.45) is 0 Å². The predicted octanol–water partition coefficient (Wildman–Crippen LogP) is 1.97. The van der Waals surface area contributed by atoms with Gasteiger partial charge in [0.1, 0.15) is 5.69 Å². The molecule has 0 saturated carbocycles. The molecule has 2 rings (SSSR count). The van der Waals surface area contributed by atoms with Crippen LogP contribution in [-0.4, -0.2) is 43.8 Å². The van der Waals surface area contributed by atoms with E-state index in [-0.39, 0.29) is 18.3 Å². The summed E-state index contributed by atoms with van der Waals surface area (Å²) in [6.07, 6.45) is 2.36. The minimum Gasteiger partial charge on any atom is -0.477 e. The van der Waals surface area contributed by atoms with Crippen molar-refractivity contribution in [2.45, 2.75) is 33.2 Å². The molecular formula is C15H20N4O3. The molecule has 2 aromatic rings. The fraction of sp³-hybridized carbons (Fsp3) is 0.400. The van der Waals surface area contributed by atoms with E-state index in [0.29, 0.717) is 17.2 Å². The van der Waals surface area contributed by atoms with Gasteiger partial charge in [-0.05, 0) is 31.9 Å². The van der Waals surface area contributed by atoms with E-state index in [1.165, 1.54) is 0 Å². The number of rotatable bonds is 6. The Balaban J connectivity index is 2.40. The monoisotopic (exact) mass is 304 g/mol. The lowest BCUT2D eigenvalue weighted by Crippen LogP contribution is -2.23. The van der Waals surface area contributed by atoms with E-state index in [2.05, 4.69) is 20.3 Å². The van der Waals surface area contributed by atoms with Crippen LogP contribution in [0.3, 0.4) is 0 Å². The molecule has 118 valence electrons. The summed E-state index contributed by atoms with van der Waals surface area (Å²) >= 11 is 0. The summed E-state index contributed by atoms with van der Waals surface area (Å²) < 4.78 is 0. The highest BCUT2D eigenvalue weighted by Crippen LogP contribution is 2.28. The number of anilines is 1. The van der Waals surface area contributed by atoms with Crippen molar-refractivity contribution in [1.82, 2.24) is 15.0 Å². The second kappa shape index (κ2) is 6.57. The number of carbonyl (C=O) groups is 1. The van der Waals surface area contributed by atoms with E-state index >= 15 is 0 Å². The van der Waals surface area contributed by atoms with E-state index in [1.54, 1.807) is 19.2 Å². The van der Waals surface area contributed by atoms with Gasteiger partial charge in [0.15, 0.2) is 0 Å². The average molecular weight is 304 g/mol. The minimum atomic E-state index is -0.995. The molecule has 0 radical (unpaired) electrons. The molecule has 0 aliphatic rings. The Morgan fingerprint density at radius 2 is 2.18 bits per heavy atom. The largest absolute Gasteiger partial charge is 0.477 e. The molecule has 0 spiro atoms. The first kappa shape index (κ1) is 16.0. The van der Waals surface area contributed by atoms with Crippen molar-refractivity contribution in [3.05, 3.63) is 29.2 Å². The van der Waals surface area contributed by atoms with Crippen LogP contribution in [0.4, 0.5) is 5.95 Å². The van der Waals surface area contributed by atoms with E-state index in [0.717, 1.165) is 17.7 Å². The number of aryl methyl sites for hydroxylation is 1. The number of nitrogens with one attached hydrogen (secondary N) is 2. The van der Waals surface area contributed by atoms with Crippen LogP contribution in [-0.2, 0) is 0 Å². The van der Waals surface area contributed by atoms with Gasteiger partial charge < -0.3 is 20.5 Å². The third kappa shape index (κ3) is 3.09. The van der Waals surface area contributed by atoms with E-state index in [4.69, 9.17) is 0 Å². The number of aromatic nitrogens is 3. The third-order valence-electron chi connectivity index (χ3n) is 3.61. The van der Waals surface area contributed by atoms with Gasteiger partial charge in [-0.3, -0.25) is 0 Å². The van der Waals surface area contributed by atoms with Crippen molar-refractivity contribution in [2.75, 3.05) is 11.9 Å². The first-order valence-electron chi connectivity index (χ1n) is 7.11. The number of nitrogens with zero attached hydrogens (tertiary/aromatic N) is 2. The van der Waals surface area contributed by atoms with Crippen LogP contribution in [0, 0.1) is 13.8 Å². The Morgan fingerprint density at radius 3 is 2.73 bits per heavy atom. The van der Waals surface area contributed by atoms with Crippen LogP contribution in [0.25, 0.3) is 11.3 Å². The summed E-state index contributed by atoms with van der Waals surface area (Å²) in [5.74, 6) is -0.583. The van der Waals surface area contributed by atoms with Crippen LogP contribution in [0.1, 0.15) is 35.1 Å². The lowest BCUT2D eigenvalue weighted by Gasteiger charge is -2.14. The molecule has 0 aliphatic heterocycles. The Morgan fingerprint density at radius 1 is 1.45 bits per heavy atom. The van der Waals surface area contributed by atoms with Crippen LogP contribution < -0.4 is 5.32 Å². The third-order valence-corrected chi connectivity index (χ3v) is 3.61. The second-order valence-electron chi connectivity index (χ2n) is 5.13. The van der Waals surface area contributed by atoms with Gasteiger partial charge in [0.2, 0.25) is 5.95 Å². The molecule has 1 atom stereocenters. The van der Waals surface area contributed by atoms with Crippen molar-refractivity contribution < 1.29 is 15.0 Å². The number of aliphatic hydroxyl groups excluding tert-OH is 1. The molecule has 4 N–H and O–H groups in total. The zero-order chi connectivity index (χ0) is 16.3. The maximum absolute atomic E-state index is 11.2. The average Bonchev–Trinajstić information content (AvgIpc) is 2.80. The normalized spacial score (nSPS) is 12.2. The maximum Gasteiger partial charge on any atom is 0.352 e. The topological polar surface area (TPSA) is 111 Å². The summed E-state index contributed by atoms with van der Waals surface area (Å²) in [4.78, 5) is 22.6. The highest BCUT2D eigenvalue weighted by Gasteiger charge is 2.19. The van der Waals surface area contributed by atoms with Gasteiger partial charge in [-0.15, -0.1) is 0 Å². The summed E-state index contributed by atoms with van der Waals surface area (Å²) in [7, 11) is 0. The molecule has 2 aromatic heterocycles. The number of carboxylic acid groups (broad SMARTS) is 1. The Hall–Kier alpha value is -2.41. The van der Waals surface area contributed by atoms with Gasteiger partial charge >= 0.3 is 5.97 Å². The van der Waals surface area contributed by atoms with Gasteiger partial charge in [-0.25, -0.2) is 14.8 Å². The van der Waals surface area contributed by atoms with Gasteiger partial charge in [0, 0.05) is 17.5 Å². The predicted molar refractivity (Wildman–Crippen MR) is 83.0 cm³/mol. The molecule has 0 amide bonds. The number of hydrogen-bond donors (Lipinski definition) is 4. The summed E-state index contributed by atoms with van der Waals surface area (Å²) in [6.45, 7) is 5.51. The van der Waals surface area contributed by atoms with Crippen LogP contribution in [0.2, 0.25) is 0 Å². The summed E-state index contributed by atoms with van der Waals surface area (Å²) in [6, 6.07) is 1.62. The molecule has 0 unspecified atom stereocenters. The van der Waals surface area contributed by atoms with Gasteiger partial charge in [0.25, 0.3) is 0 Å². The number of carboxylic acids is 1. The van der Waals surface area contributed by atoms with Gasteiger partial charge in [-0.1, -0.05) is 6.92 Å². The number of aromatic carboxylic acids is 1. The van der Waals surface area contributed by atoms with E-state index < -0.39 is 5.97 Å². The lowest BCUT2D eigenvalue weighted by molar-refractivity contribution is 0.0690. The smallest absolute Gasteiger partial charge is 0.352 e. The maximum atomic E-state index is 11.2. The Bertz CT molecular complexity index is 677. The zero-order valence-corrected chi connectivity index (χ0v) is 12.8. The quantitative estimate of drug-likeness (QED) is 0.649. The molecule has 0 aliphatic carbocycles. The van der Waals surface area contributed by atoms with E-state index in [1.807, 2.05) is 13.8 Å². The van der Waals surface area contributed by atoms with Crippen LogP contribution in [0.15, 0.2) is 12.3 Å². The van der Waals surface area contributed by atoms with Crippen molar-refractivity contribution in [1.29, 1.82) is 0 Å². The molecule has 2 heterocycles. The van der Waals surface area contributed by atoms with E-state index in [9.17, 15) is 15.0 Å². The van der Waals surface area contributed by atoms with Gasteiger partial charge in [0.05, 0.1) is 18.3 Å². The highest BCUT2D eigenvalue weighted by atomic mass is 16.4. The number of aliphatic hydroxyl groups is 1. The fourth-order valence-corrected chi connectivity index (χ4v) is 2.37. The van der Waals surface area contributed by atoms with Crippen molar-refractivity contribution in [3.8, 4) is 11.3 Å². The lowest BCUT2D eigenvalue weighted by atomic mass is 10.1. The first-order valence-corrected chi connectivity index (χ1v) is 7.11. The van der Waals surface area contributed by atoms with Crippen molar-refractivity contribution in [3.63, 3.8) is 0 Å². The molecule has 0 saturated heterocycles.